The minimum Gasteiger partial charge on any atom is -0.371 e. The highest BCUT2D eigenvalue weighted by atomic mass is 15.2. The lowest BCUT2D eigenvalue weighted by Gasteiger charge is -2.27. The van der Waals surface area contributed by atoms with E-state index in [-0.39, 0.29) is 0 Å². The third-order valence-corrected chi connectivity index (χ3v) is 4.96. The smallest absolute Gasteiger partial charge is 0.0562 e. The van der Waals surface area contributed by atoms with Gasteiger partial charge in [0.25, 0.3) is 0 Å². The summed E-state index contributed by atoms with van der Waals surface area (Å²) in [5, 5.41) is 3.48. The maximum atomic E-state index is 4.50. The fourth-order valence-corrected chi connectivity index (χ4v) is 3.23. The van der Waals surface area contributed by atoms with Gasteiger partial charge in [0.15, 0.2) is 0 Å². The molecule has 1 aliphatic rings. The van der Waals surface area contributed by atoms with Crippen molar-refractivity contribution in [2.24, 2.45) is 11.3 Å². The average Bonchev–Trinajstić information content (AvgIpc) is 2.92. The predicted octanol–water partition coefficient (Wildman–Crippen LogP) is 3.84. The van der Waals surface area contributed by atoms with Crippen LogP contribution in [0.25, 0.3) is 0 Å². The highest BCUT2D eigenvalue weighted by Gasteiger charge is 2.34. The molecule has 1 fully saturated rings. The fraction of sp³-hybridized carbons (Fsp3) is 0.722. The summed E-state index contributed by atoms with van der Waals surface area (Å²) in [7, 11) is 0. The van der Waals surface area contributed by atoms with Gasteiger partial charge in [0.05, 0.1) is 5.69 Å². The van der Waals surface area contributed by atoms with Crippen LogP contribution in [0.1, 0.15) is 52.7 Å². The first-order valence-electron chi connectivity index (χ1n) is 8.49. The molecule has 2 heterocycles. The second-order valence-corrected chi connectivity index (χ2v) is 6.91. The molecule has 0 atom stereocenters. The van der Waals surface area contributed by atoms with Gasteiger partial charge in [0.2, 0.25) is 0 Å². The van der Waals surface area contributed by atoms with Crippen LogP contribution in [0.3, 0.4) is 0 Å². The van der Waals surface area contributed by atoms with Gasteiger partial charge < -0.3 is 10.2 Å². The van der Waals surface area contributed by atoms with Gasteiger partial charge >= 0.3 is 0 Å². The third kappa shape index (κ3) is 4.19. The van der Waals surface area contributed by atoms with Crippen LogP contribution in [0.2, 0.25) is 0 Å². The Morgan fingerprint density at radius 2 is 2.10 bits per heavy atom. The molecule has 0 bridgehead atoms. The van der Waals surface area contributed by atoms with Crippen molar-refractivity contribution >= 4 is 5.69 Å². The minimum atomic E-state index is 0.527. The van der Waals surface area contributed by atoms with Gasteiger partial charge in [-0.05, 0) is 49.3 Å². The standard InChI is InChI=1S/C18H31N3/c1-5-18(6-2)8-10-21(14-18)17-7-9-20-16(11-17)13-19-12-15(3)4/h7,9,11,15,19H,5-6,8,10,12-14H2,1-4H3. The number of hydrogen-bond donors (Lipinski definition) is 1. The monoisotopic (exact) mass is 289 g/mol. The molecule has 0 amide bonds. The third-order valence-electron chi connectivity index (χ3n) is 4.96. The molecule has 1 aromatic heterocycles. The number of pyridine rings is 1. The van der Waals surface area contributed by atoms with Gasteiger partial charge in [0, 0.05) is 31.5 Å². The predicted molar refractivity (Wildman–Crippen MR) is 90.6 cm³/mol. The Balaban J connectivity index is 1.98. The molecule has 1 aromatic rings. The lowest BCUT2D eigenvalue weighted by Crippen LogP contribution is -2.26. The van der Waals surface area contributed by atoms with Gasteiger partial charge in [0.1, 0.15) is 0 Å². The Morgan fingerprint density at radius 1 is 1.33 bits per heavy atom. The van der Waals surface area contributed by atoms with Gasteiger partial charge in [-0.2, -0.15) is 0 Å². The summed E-state index contributed by atoms with van der Waals surface area (Å²) >= 11 is 0. The molecule has 0 saturated carbocycles. The first-order valence-corrected chi connectivity index (χ1v) is 8.49. The molecule has 0 unspecified atom stereocenters. The topological polar surface area (TPSA) is 28.2 Å². The quantitative estimate of drug-likeness (QED) is 0.826. The van der Waals surface area contributed by atoms with E-state index in [0.29, 0.717) is 11.3 Å². The second kappa shape index (κ2) is 7.26. The Hall–Kier alpha value is -1.09. The Labute approximate surface area is 130 Å². The lowest BCUT2D eigenvalue weighted by atomic mass is 9.82. The second-order valence-electron chi connectivity index (χ2n) is 6.91. The largest absolute Gasteiger partial charge is 0.371 e. The van der Waals surface area contributed by atoms with E-state index in [9.17, 15) is 0 Å². The summed E-state index contributed by atoms with van der Waals surface area (Å²) in [6.45, 7) is 13.4. The summed E-state index contributed by atoms with van der Waals surface area (Å²) in [6.07, 6.45) is 5.85. The number of hydrogen-bond acceptors (Lipinski definition) is 3. The number of nitrogens with zero attached hydrogens (tertiary/aromatic N) is 2. The molecule has 2 rings (SSSR count). The molecular weight excluding hydrogens is 258 g/mol. The SMILES string of the molecule is CCC1(CC)CCN(c2ccnc(CNCC(C)C)c2)C1. The Morgan fingerprint density at radius 3 is 2.71 bits per heavy atom. The van der Waals surface area contributed by atoms with Crippen molar-refractivity contribution < 1.29 is 0 Å². The van der Waals surface area contributed by atoms with Gasteiger partial charge in [-0.15, -0.1) is 0 Å². The van der Waals surface area contributed by atoms with Crippen LogP contribution in [0.15, 0.2) is 18.3 Å². The molecule has 118 valence electrons. The van der Waals surface area contributed by atoms with E-state index in [2.05, 4.69) is 55.0 Å². The molecule has 1 aliphatic heterocycles. The zero-order chi connectivity index (χ0) is 15.3. The average molecular weight is 289 g/mol. The molecule has 1 saturated heterocycles. The molecule has 3 heteroatoms. The molecule has 0 aliphatic carbocycles. The number of nitrogens with one attached hydrogen (secondary N) is 1. The normalized spacial score (nSPS) is 17.7. The van der Waals surface area contributed by atoms with Crippen molar-refractivity contribution in [3.63, 3.8) is 0 Å². The van der Waals surface area contributed by atoms with Gasteiger partial charge in [-0.25, -0.2) is 0 Å². The van der Waals surface area contributed by atoms with Crippen LogP contribution in [0.4, 0.5) is 5.69 Å². The summed E-state index contributed by atoms with van der Waals surface area (Å²) in [5.74, 6) is 0.682. The highest BCUT2D eigenvalue weighted by Crippen LogP contribution is 2.38. The molecule has 0 aromatic carbocycles. The molecule has 3 nitrogen and oxygen atoms in total. The summed E-state index contributed by atoms with van der Waals surface area (Å²) < 4.78 is 0. The Kier molecular flexibility index (Phi) is 5.63. The maximum Gasteiger partial charge on any atom is 0.0562 e. The van der Waals surface area contributed by atoms with Crippen LogP contribution < -0.4 is 10.2 Å². The van der Waals surface area contributed by atoms with E-state index in [1.54, 1.807) is 0 Å². The van der Waals surface area contributed by atoms with Gasteiger partial charge in [-0.3, -0.25) is 4.98 Å². The van der Waals surface area contributed by atoms with Crippen molar-refractivity contribution in [1.82, 2.24) is 10.3 Å². The van der Waals surface area contributed by atoms with E-state index >= 15 is 0 Å². The van der Waals surface area contributed by atoms with Crippen molar-refractivity contribution in [3.8, 4) is 0 Å². The zero-order valence-electron chi connectivity index (χ0n) is 14.2. The zero-order valence-corrected chi connectivity index (χ0v) is 14.2. The molecule has 21 heavy (non-hydrogen) atoms. The first-order chi connectivity index (χ1) is 10.1. The number of aromatic nitrogens is 1. The van der Waals surface area contributed by atoms with E-state index in [0.717, 1.165) is 18.8 Å². The molecular formula is C18H31N3. The van der Waals surface area contributed by atoms with Crippen LogP contribution in [-0.2, 0) is 6.54 Å². The summed E-state index contributed by atoms with van der Waals surface area (Å²) in [6, 6.07) is 4.42. The number of rotatable bonds is 7. The van der Waals surface area contributed by atoms with Crippen molar-refractivity contribution in [2.75, 3.05) is 24.5 Å². The molecule has 1 N–H and O–H groups in total. The highest BCUT2D eigenvalue weighted by molar-refractivity contribution is 5.48. The van der Waals surface area contributed by atoms with E-state index < -0.39 is 0 Å². The Bertz CT molecular complexity index is 438. The number of anilines is 1. The molecule has 0 spiro atoms. The van der Waals surface area contributed by atoms with E-state index in [1.807, 2.05) is 6.20 Å². The minimum absolute atomic E-state index is 0.527. The van der Waals surface area contributed by atoms with E-state index in [1.165, 1.54) is 38.0 Å². The van der Waals surface area contributed by atoms with Crippen LogP contribution in [0, 0.1) is 11.3 Å². The van der Waals surface area contributed by atoms with Crippen LogP contribution in [-0.4, -0.2) is 24.6 Å². The van der Waals surface area contributed by atoms with Crippen LogP contribution >= 0.6 is 0 Å². The van der Waals surface area contributed by atoms with Crippen molar-refractivity contribution in [2.45, 2.75) is 53.5 Å². The van der Waals surface area contributed by atoms with Crippen molar-refractivity contribution in [1.29, 1.82) is 0 Å². The first kappa shape index (κ1) is 16.3. The lowest BCUT2D eigenvalue weighted by molar-refractivity contribution is 0.301. The maximum absolute atomic E-state index is 4.50. The fourth-order valence-electron chi connectivity index (χ4n) is 3.23. The summed E-state index contributed by atoms with van der Waals surface area (Å²) in [4.78, 5) is 7.04. The molecule has 0 radical (unpaired) electrons. The van der Waals surface area contributed by atoms with E-state index in [4.69, 9.17) is 0 Å². The van der Waals surface area contributed by atoms with Crippen molar-refractivity contribution in [3.05, 3.63) is 24.0 Å². The van der Waals surface area contributed by atoms with Crippen LogP contribution in [0.5, 0.6) is 0 Å². The van der Waals surface area contributed by atoms with Gasteiger partial charge in [-0.1, -0.05) is 27.7 Å². The summed E-state index contributed by atoms with van der Waals surface area (Å²) in [5.41, 5.74) is 3.02.